The number of halogens is 2. The number of aryl methyl sites for hydroxylation is 1. The van der Waals surface area contributed by atoms with Crippen LogP contribution in [0.15, 0.2) is 42.7 Å². The van der Waals surface area contributed by atoms with Gasteiger partial charge in [-0.3, -0.25) is 4.90 Å². The zero-order valence-electron chi connectivity index (χ0n) is 17.3. The summed E-state index contributed by atoms with van der Waals surface area (Å²) in [5.41, 5.74) is 3.43. The van der Waals surface area contributed by atoms with Crippen molar-refractivity contribution < 1.29 is 13.5 Å². The molecule has 1 N–H and O–H groups in total. The van der Waals surface area contributed by atoms with Crippen molar-refractivity contribution in [3.63, 3.8) is 0 Å². The van der Waals surface area contributed by atoms with E-state index >= 15 is 0 Å². The summed E-state index contributed by atoms with van der Waals surface area (Å²) in [5, 5.41) is 7.46. The normalized spacial score (nSPS) is 17.6. The lowest BCUT2D eigenvalue weighted by Gasteiger charge is -2.47. The SMILES string of the molecule is Cc1cc(N2CC(N3CCOCC3)C2)ccc1Nc1ncn(-c2cc(F)cc(F)c2)n1. The van der Waals surface area contributed by atoms with Crippen LogP contribution in [0.25, 0.3) is 5.69 Å². The average molecular weight is 426 g/mol. The van der Waals surface area contributed by atoms with Crippen molar-refractivity contribution in [2.24, 2.45) is 0 Å². The monoisotopic (exact) mass is 426 g/mol. The molecule has 2 saturated heterocycles. The first-order valence-electron chi connectivity index (χ1n) is 10.4. The van der Waals surface area contributed by atoms with Gasteiger partial charge in [-0.1, -0.05) is 0 Å². The molecule has 7 nitrogen and oxygen atoms in total. The molecule has 2 aliphatic rings. The average Bonchev–Trinajstić information content (AvgIpc) is 3.18. The molecule has 9 heteroatoms. The third-order valence-corrected chi connectivity index (χ3v) is 5.85. The minimum absolute atomic E-state index is 0.276. The Labute approximate surface area is 179 Å². The third-order valence-electron chi connectivity index (χ3n) is 5.85. The second kappa shape index (κ2) is 8.24. The summed E-state index contributed by atoms with van der Waals surface area (Å²) < 4.78 is 33.7. The van der Waals surface area contributed by atoms with Crippen LogP contribution < -0.4 is 10.2 Å². The third kappa shape index (κ3) is 4.24. The standard InChI is InChI=1S/C22H24F2N6O/c1-15-8-18(29-12-20(13-29)28-4-6-31-7-5-28)2-3-21(15)26-22-25-14-30(27-22)19-10-16(23)9-17(24)11-19/h2-3,8-11,14,20H,4-7,12-13H2,1H3,(H,26,27). The minimum atomic E-state index is -0.659. The van der Waals surface area contributed by atoms with Gasteiger partial charge in [0, 0.05) is 49.7 Å². The van der Waals surface area contributed by atoms with Crippen LogP contribution in [-0.4, -0.2) is 65.1 Å². The van der Waals surface area contributed by atoms with Gasteiger partial charge in [0.15, 0.2) is 0 Å². The zero-order valence-corrected chi connectivity index (χ0v) is 17.3. The first kappa shape index (κ1) is 19.9. The summed E-state index contributed by atoms with van der Waals surface area (Å²) in [5.74, 6) is -0.960. The molecule has 2 aliphatic heterocycles. The summed E-state index contributed by atoms with van der Waals surface area (Å²) in [7, 11) is 0. The predicted molar refractivity (Wildman–Crippen MR) is 114 cm³/mol. The molecular weight excluding hydrogens is 402 g/mol. The number of hydrogen-bond acceptors (Lipinski definition) is 6. The highest BCUT2D eigenvalue weighted by atomic mass is 19.1. The molecule has 31 heavy (non-hydrogen) atoms. The number of ether oxygens (including phenoxy) is 1. The first-order valence-corrected chi connectivity index (χ1v) is 10.4. The molecule has 162 valence electrons. The van der Waals surface area contributed by atoms with E-state index < -0.39 is 11.6 Å². The van der Waals surface area contributed by atoms with E-state index in [0.29, 0.717) is 12.0 Å². The number of aromatic nitrogens is 3. The maximum absolute atomic E-state index is 13.5. The van der Waals surface area contributed by atoms with Crippen LogP contribution in [-0.2, 0) is 4.74 Å². The largest absolute Gasteiger partial charge is 0.379 e. The Morgan fingerprint density at radius 2 is 1.74 bits per heavy atom. The molecule has 0 aliphatic carbocycles. The number of benzene rings is 2. The molecule has 0 amide bonds. The molecule has 0 saturated carbocycles. The van der Waals surface area contributed by atoms with E-state index in [-0.39, 0.29) is 5.69 Å². The molecule has 0 spiro atoms. The molecule has 2 aromatic carbocycles. The molecular formula is C22H24F2N6O. The maximum atomic E-state index is 13.5. The molecule has 3 aromatic rings. The van der Waals surface area contributed by atoms with Gasteiger partial charge in [0.2, 0.25) is 5.95 Å². The van der Waals surface area contributed by atoms with Crippen molar-refractivity contribution in [1.82, 2.24) is 19.7 Å². The maximum Gasteiger partial charge on any atom is 0.246 e. The summed E-state index contributed by atoms with van der Waals surface area (Å²) >= 11 is 0. The van der Waals surface area contributed by atoms with Crippen LogP contribution in [0.1, 0.15) is 5.56 Å². The molecule has 5 rings (SSSR count). The van der Waals surface area contributed by atoms with Gasteiger partial charge in [0.1, 0.15) is 18.0 Å². The Bertz CT molecular complexity index is 1060. The Balaban J connectivity index is 1.23. The zero-order chi connectivity index (χ0) is 21.4. The van der Waals surface area contributed by atoms with E-state index in [4.69, 9.17) is 4.74 Å². The van der Waals surface area contributed by atoms with E-state index in [2.05, 4.69) is 37.3 Å². The second-order valence-electron chi connectivity index (χ2n) is 7.97. The van der Waals surface area contributed by atoms with Crippen molar-refractivity contribution in [2.75, 3.05) is 49.6 Å². The molecule has 3 heterocycles. The van der Waals surface area contributed by atoms with Gasteiger partial charge in [0.25, 0.3) is 0 Å². The lowest BCUT2D eigenvalue weighted by Crippen LogP contribution is -2.61. The van der Waals surface area contributed by atoms with Gasteiger partial charge in [-0.25, -0.2) is 13.5 Å². The van der Waals surface area contributed by atoms with Crippen LogP contribution in [0.4, 0.5) is 26.1 Å². The van der Waals surface area contributed by atoms with Gasteiger partial charge < -0.3 is 15.0 Å². The fraction of sp³-hybridized carbons (Fsp3) is 0.364. The predicted octanol–water partition coefficient (Wildman–Crippen LogP) is 3.12. The molecule has 2 fully saturated rings. The van der Waals surface area contributed by atoms with Crippen molar-refractivity contribution >= 4 is 17.3 Å². The van der Waals surface area contributed by atoms with Gasteiger partial charge in [-0.05, 0) is 42.8 Å². The van der Waals surface area contributed by atoms with Crippen LogP contribution >= 0.6 is 0 Å². The molecule has 0 unspecified atom stereocenters. The van der Waals surface area contributed by atoms with E-state index in [1.165, 1.54) is 28.8 Å². The number of hydrogen-bond donors (Lipinski definition) is 1. The fourth-order valence-electron chi connectivity index (χ4n) is 4.06. The smallest absolute Gasteiger partial charge is 0.246 e. The van der Waals surface area contributed by atoms with Gasteiger partial charge in [-0.15, -0.1) is 5.10 Å². The summed E-state index contributed by atoms with van der Waals surface area (Å²) in [6.45, 7) is 7.78. The highest BCUT2D eigenvalue weighted by molar-refractivity contribution is 5.64. The van der Waals surface area contributed by atoms with Crippen LogP contribution in [0.3, 0.4) is 0 Å². The molecule has 0 radical (unpaired) electrons. The number of nitrogens with zero attached hydrogens (tertiary/aromatic N) is 5. The van der Waals surface area contributed by atoms with Crippen LogP contribution in [0, 0.1) is 18.6 Å². The van der Waals surface area contributed by atoms with Crippen molar-refractivity contribution in [3.05, 3.63) is 59.9 Å². The fourth-order valence-corrected chi connectivity index (χ4v) is 4.06. The highest BCUT2D eigenvalue weighted by Gasteiger charge is 2.32. The van der Waals surface area contributed by atoms with Gasteiger partial charge in [0.05, 0.1) is 18.9 Å². The second-order valence-corrected chi connectivity index (χ2v) is 7.97. The van der Waals surface area contributed by atoms with Gasteiger partial charge in [-0.2, -0.15) is 4.98 Å². The Morgan fingerprint density at radius 3 is 2.45 bits per heavy atom. The van der Waals surface area contributed by atoms with Crippen molar-refractivity contribution in [2.45, 2.75) is 13.0 Å². The summed E-state index contributed by atoms with van der Waals surface area (Å²) in [4.78, 5) is 9.09. The topological polar surface area (TPSA) is 58.5 Å². The first-order chi connectivity index (χ1) is 15.0. The number of morpholine rings is 1. The lowest BCUT2D eigenvalue weighted by atomic mass is 10.0. The highest BCUT2D eigenvalue weighted by Crippen LogP contribution is 2.29. The Morgan fingerprint density at radius 1 is 1.00 bits per heavy atom. The number of rotatable bonds is 5. The van der Waals surface area contributed by atoms with E-state index in [1.807, 2.05) is 13.0 Å². The summed E-state index contributed by atoms with van der Waals surface area (Å²) in [6.07, 6.45) is 1.42. The lowest BCUT2D eigenvalue weighted by molar-refractivity contribution is 0.0105. The van der Waals surface area contributed by atoms with E-state index in [1.54, 1.807) is 0 Å². The molecule has 0 atom stereocenters. The van der Waals surface area contributed by atoms with Crippen molar-refractivity contribution in [3.8, 4) is 5.69 Å². The number of nitrogens with one attached hydrogen (secondary N) is 1. The Hall–Kier alpha value is -3.04. The Kier molecular flexibility index (Phi) is 5.29. The number of anilines is 3. The van der Waals surface area contributed by atoms with E-state index in [9.17, 15) is 8.78 Å². The van der Waals surface area contributed by atoms with Crippen molar-refractivity contribution in [1.29, 1.82) is 0 Å². The van der Waals surface area contributed by atoms with Crippen LogP contribution in [0.5, 0.6) is 0 Å². The minimum Gasteiger partial charge on any atom is -0.379 e. The van der Waals surface area contributed by atoms with Gasteiger partial charge >= 0.3 is 0 Å². The van der Waals surface area contributed by atoms with Crippen LogP contribution in [0.2, 0.25) is 0 Å². The summed E-state index contributed by atoms with van der Waals surface area (Å²) in [6, 6.07) is 10.1. The molecule has 0 bridgehead atoms. The van der Waals surface area contributed by atoms with E-state index in [0.717, 1.165) is 56.7 Å². The molecule has 1 aromatic heterocycles. The quantitative estimate of drug-likeness (QED) is 0.677.